The molecule has 1 saturated heterocycles. The highest BCUT2D eigenvalue weighted by Crippen LogP contribution is 2.40. The van der Waals surface area contributed by atoms with Crippen molar-refractivity contribution < 1.29 is 9.53 Å². The molecule has 1 aromatic heterocycles. The van der Waals surface area contributed by atoms with Gasteiger partial charge in [-0.1, -0.05) is 18.2 Å². The Labute approximate surface area is 152 Å². The molecule has 1 aliphatic heterocycles. The molecule has 0 radical (unpaired) electrons. The average Bonchev–Trinajstić information content (AvgIpc) is 3.01. The standard InChI is InChI=1S/C17H18BrNO2S2/c18-13-10-15(22-11-13)16(20)19-12-17(6-8-21-9-7-17)23-14-4-2-1-3-5-14/h1-5,10-11H,6-9,12H2,(H,19,20). The summed E-state index contributed by atoms with van der Waals surface area (Å²) in [5.41, 5.74) is 0. The molecular formula is C17H18BrNO2S2. The lowest BCUT2D eigenvalue weighted by atomic mass is 9.99. The summed E-state index contributed by atoms with van der Waals surface area (Å²) in [6.07, 6.45) is 1.89. The maximum Gasteiger partial charge on any atom is 0.261 e. The molecule has 3 rings (SSSR count). The van der Waals surface area contributed by atoms with Crippen LogP contribution in [0.25, 0.3) is 0 Å². The number of thiophene rings is 1. The van der Waals surface area contributed by atoms with Gasteiger partial charge in [-0.3, -0.25) is 4.79 Å². The normalized spacial score (nSPS) is 16.9. The number of benzene rings is 1. The number of nitrogens with one attached hydrogen (secondary N) is 1. The van der Waals surface area contributed by atoms with E-state index in [-0.39, 0.29) is 10.7 Å². The Kier molecular flexibility index (Phi) is 5.80. The molecule has 1 amide bonds. The lowest BCUT2D eigenvalue weighted by Crippen LogP contribution is -2.44. The van der Waals surface area contributed by atoms with Crippen LogP contribution in [0.5, 0.6) is 0 Å². The molecule has 0 spiro atoms. The van der Waals surface area contributed by atoms with E-state index >= 15 is 0 Å². The summed E-state index contributed by atoms with van der Waals surface area (Å²) in [5.74, 6) is 0.000212. The van der Waals surface area contributed by atoms with Crippen molar-refractivity contribution in [2.75, 3.05) is 19.8 Å². The smallest absolute Gasteiger partial charge is 0.261 e. The highest BCUT2D eigenvalue weighted by atomic mass is 79.9. The van der Waals surface area contributed by atoms with Gasteiger partial charge in [-0.25, -0.2) is 0 Å². The number of hydrogen-bond acceptors (Lipinski definition) is 4. The number of halogens is 1. The van der Waals surface area contributed by atoms with Crippen LogP contribution in [-0.4, -0.2) is 30.4 Å². The van der Waals surface area contributed by atoms with E-state index in [2.05, 4.69) is 45.5 Å². The van der Waals surface area contributed by atoms with E-state index in [4.69, 9.17) is 4.74 Å². The van der Waals surface area contributed by atoms with Crippen molar-refractivity contribution in [3.8, 4) is 0 Å². The maximum atomic E-state index is 12.3. The molecule has 2 aromatic rings. The van der Waals surface area contributed by atoms with Crippen LogP contribution in [0.2, 0.25) is 0 Å². The van der Waals surface area contributed by atoms with Crippen LogP contribution in [0.15, 0.2) is 51.1 Å². The Morgan fingerprint density at radius 1 is 1.30 bits per heavy atom. The third-order valence-corrected chi connectivity index (χ3v) is 7.03. The number of carbonyl (C=O) groups is 1. The van der Waals surface area contributed by atoms with E-state index in [1.807, 2.05) is 29.3 Å². The van der Waals surface area contributed by atoms with Gasteiger partial charge in [0, 0.05) is 39.3 Å². The van der Waals surface area contributed by atoms with Crippen LogP contribution in [0.3, 0.4) is 0 Å². The lowest BCUT2D eigenvalue weighted by molar-refractivity contribution is 0.0742. The molecule has 1 N–H and O–H groups in total. The first-order valence-electron chi connectivity index (χ1n) is 7.51. The number of carbonyl (C=O) groups excluding carboxylic acids is 1. The molecule has 0 aliphatic carbocycles. The van der Waals surface area contributed by atoms with Gasteiger partial charge >= 0.3 is 0 Å². The van der Waals surface area contributed by atoms with Crippen molar-refractivity contribution in [1.82, 2.24) is 5.32 Å². The minimum absolute atomic E-state index is 0.000212. The summed E-state index contributed by atoms with van der Waals surface area (Å²) >= 11 is 6.70. The van der Waals surface area contributed by atoms with Crippen molar-refractivity contribution in [2.24, 2.45) is 0 Å². The zero-order valence-electron chi connectivity index (χ0n) is 12.6. The van der Waals surface area contributed by atoms with Crippen LogP contribution >= 0.6 is 39.0 Å². The SMILES string of the molecule is O=C(NCC1(Sc2ccccc2)CCOCC1)c1cc(Br)cs1. The molecule has 1 fully saturated rings. The molecular weight excluding hydrogens is 394 g/mol. The molecule has 2 heterocycles. The summed E-state index contributed by atoms with van der Waals surface area (Å²) in [5, 5.41) is 5.05. The summed E-state index contributed by atoms with van der Waals surface area (Å²) in [7, 11) is 0. The van der Waals surface area contributed by atoms with Crippen molar-refractivity contribution >= 4 is 44.9 Å². The summed E-state index contributed by atoms with van der Waals surface area (Å²) in [6.45, 7) is 2.16. The van der Waals surface area contributed by atoms with Crippen LogP contribution in [-0.2, 0) is 4.74 Å². The van der Waals surface area contributed by atoms with E-state index in [9.17, 15) is 4.79 Å². The third-order valence-electron chi connectivity index (χ3n) is 3.84. The van der Waals surface area contributed by atoms with Gasteiger partial charge in [0.25, 0.3) is 5.91 Å². The number of thioether (sulfide) groups is 1. The fourth-order valence-electron chi connectivity index (χ4n) is 2.56. The topological polar surface area (TPSA) is 38.3 Å². The van der Waals surface area contributed by atoms with Crippen molar-refractivity contribution in [3.05, 3.63) is 51.1 Å². The van der Waals surface area contributed by atoms with Gasteiger partial charge in [0.15, 0.2) is 0 Å². The molecule has 23 heavy (non-hydrogen) atoms. The van der Waals surface area contributed by atoms with Crippen LogP contribution in [0.1, 0.15) is 22.5 Å². The predicted molar refractivity (Wildman–Crippen MR) is 99.4 cm³/mol. The zero-order valence-corrected chi connectivity index (χ0v) is 15.8. The first-order valence-corrected chi connectivity index (χ1v) is 10.00. The maximum absolute atomic E-state index is 12.3. The Hall–Kier alpha value is -0.820. The molecule has 0 saturated carbocycles. The van der Waals surface area contributed by atoms with Gasteiger partial charge in [0.1, 0.15) is 0 Å². The van der Waals surface area contributed by atoms with Gasteiger partial charge in [0.2, 0.25) is 0 Å². The second-order valence-corrected chi connectivity index (χ2v) is 8.89. The molecule has 0 atom stereocenters. The summed E-state index contributed by atoms with van der Waals surface area (Å²) in [6, 6.07) is 12.2. The largest absolute Gasteiger partial charge is 0.381 e. The monoisotopic (exact) mass is 411 g/mol. The Morgan fingerprint density at radius 3 is 2.70 bits per heavy atom. The van der Waals surface area contributed by atoms with Crippen LogP contribution < -0.4 is 5.32 Å². The van der Waals surface area contributed by atoms with E-state index < -0.39 is 0 Å². The zero-order chi connectivity index (χ0) is 16.1. The van der Waals surface area contributed by atoms with E-state index in [1.54, 1.807) is 0 Å². The quantitative estimate of drug-likeness (QED) is 0.781. The van der Waals surface area contributed by atoms with Gasteiger partial charge < -0.3 is 10.1 Å². The minimum atomic E-state index is 0.000212. The van der Waals surface area contributed by atoms with E-state index in [1.165, 1.54) is 16.2 Å². The number of ether oxygens (including phenoxy) is 1. The highest BCUT2D eigenvalue weighted by Gasteiger charge is 2.34. The fraction of sp³-hybridized carbons (Fsp3) is 0.353. The predicted octanol–water partition coefficient (Wildman–Crippen LogP) is 4.58. The highest BCUT2D eigenvalue weighted by molar-refractivity contribution is 9.10. The lowest BCUT2D eigenvalue weighted by Gasteiger charge is -2.36. The molecule has 0 unspecified atom stereocenters. The van der Waals surface area contributed by atoms with Crippen LogP contribution in [0, 0.1) is 0 Å². The Bertz CT molecular complexity index is 654. The van der Waals surface area contributed by atoms with Crippen molar-refractivity contribution in [3.63, 3.8) is 0 Å². The van der Waals surface area contributed by atoms with Crippen LogP contribution in [0.4, 0.5) is 0 Å². The molecule has 0 bridgehead atoms. The molecule has 6 heteroatoms. The molecule has 1 aromatic carbocycles. The van der Waals surface area contributed by atoms with Crippen molar-refractivity contribution in [2.45, 2.75) is 22.5 Å². The van der Waals surface area contributed by atoms with Crippen molar-refractivity contribution in [1.29, 1.82) is 0 Å². The second kappa shape index (κ2) is 7.83. The number of hydrogen-bond donors (Lipinski definition) is 1. The fourth-order valence-corrected chi connectivity index (χ4v) is 5.21. The third kappa shape index (κ3) is 4.59. The second-order valence-electron chi connectivity index (χ2n) is 5.52. The first kappa shape index (κ1) is 17.0. The number of amides is 1. The van der Waals surface area contributed by atoms with Gasteiger partial charge in [0.05, 0.1) is 4.88 Å². The first-order chi connectivity index (χ1) is 11.2. The Morgan fingerprint density at radius 2 is 2.04 bits per heavy atom. The average molecular weight is 412 g/mol. The molecule has 122 valence electrons. The van der Waals surface area contributed by atoms with E-state index in [0.717, 1.165) is 35.4 Å². The summed E-state index contributed by atoms with van der Waals surface area (Å²) in [4.78, 5) is 14.3. The molecule has 1 aliphatic rings. The minimum Gasteiger partial charge on any atom is -0.381 e. The summed E-state index contributed by atoms with van der Waals surface area (Å²) < 4.78 is 6.48. The number of rotatable bonds is 5. The van der Waals surface area contributed by atoms with Gasteiger partial charge in [-0.15, -0.1) is 23.1 Å². The Balaban J connectivity index is 1.68. The molecule has 3 nitrogen and oxygen atoms in total. The van der Waals surface area contributed by atoms with E-state index in [0.29, 0.717) is 6.54 Å². The van der Waals surface area contributed by atoms with Gasteiger partial charge in [-0.2, -0.15) is 0 Å². The van der Waals surface area contributed by atoms with Gasteiger partial charge in [-0.05, 0) is 47.0 Å².